The van der Waals surface area contributed by atoms with Crippen molar-refractivity contribution in [3.63, 3.8) is 0 Å². The van der Waals surface area contributed by atoms with Crippen LogP contribution in [-0.2, 0) is 11.2 Å². The number of urea groups is 1. The number of nitrogens with one attached hydrogen (secondary N) is 2. The normalized spacial score (nSPS) is 11.6. The SMILES string of the molecule is O=C(Nc1cccc(-c2cc3ccccc3oc2=O)c1)NC(Cc1ccccc1)C(=O)O. The minimum atomic E-state index is -1.13. The lowest BCUT2D eigenvalue weighted by atomic mass is 10.1. The molecule has 3 N–H and O–H groups in total. The van der Waals surface area contributed by atoms with E-state index in [0.717, 1.165) is 10.9 Å². The van der Waals surface area contributed by atoms with Crippen molar-refractivity contribution < 1.29 is 19.1 Å². The van der Waals surface area contributed by atoms with Crippen molar-refractivity contribution in [2.24, 2.45) is 0 Å². The second-order valence-electron chi connectivity index (χ2n) is 7.25. The average molecular weight is 428 g/mol. The Morgan fingerprint density at radius 3 is 2.44 bits per heavy atom. The third kappa shape index (κ3) is 4.84. The van der Waals surface area contributed by atoms with Gasteiger partial charge < -0.3 is 20.2 Å². The summed E-state index contributed by atoms with van der Waals surface area (Å²) < 4.78 is 5.38. The predicted octanol–water partition coefficient (Wildman–Crippen LogP) is 4.28. The Labute approximate surface area is 183 Å². The number of benzene rings is 3. The Morgan fingerprint density at radius 1 is 0.906 bits per heavy atom. The van der Waals surface area contributed by atoms with Gasteiger partial charge in [-0.2, -0.15) is 0 Å². The highest BCUT2D eigenvalue weighted by atomic mass is 16.4. The minimum absolute atomic E-state index is 0.155. The van der Waals surface area contributed by atoms with Gasteiger partial charge in [0.15, 0.2) is 0 Å². The Morgan fingerprint density at radius 2 is 1.66 bits per heavy atom. The molecule has 0 saturated heterocycles. The first-order chi connectivity index (χ1) is 15.5. The molecule has 0 fully saturated rings. The molecule has 3 aromatic carbocycles. The lowest BCUT2D eigenvalue weighted by molar-refractivity contribution is -0.139. The molecule has 4 rings (SSSR count). The molecule has 1 heterocycles. The van der Waals surface area contributed by atoms with Gasteiger partial charge in [-0.3, -0.25) is 0 Å². The summed E-state index contributed by atoms with van der Waals surface area (Å²) in [7, 11) is 0. The van der Waals surface area contributed by atoms with Gasteiger partial charge in [0, 0.05) is 17.5 Å². The summed E-state index contributed by atoms with van der Waals surface area (Å²) in [5.74, 6) is -1.13. The van der Waals surface area contributed by atoms with Crippen LogP contribution in [0.4, 0.5) is 10.5 Å². The Kier molecular flexibility index (Phi) is 5.98. The molecule has 2 amide bonds. The van der Waals surface area contributed by atoms with E-state index in [1.54, 1.807) is 54.6 Å². The fraction of sp³-hybridized carbons (Fsp3) is 0.0800. The van der Waals surface area contributed by atoms with Crippen LogP contribution in [0.3, 0.4) is 0 Å². The number of fused-ring (bicyclic) bond motifs is 1. The van der Waals surface area contributed by atoms with Crippen LogP contribution in [-0.4, -0.2) is 23.1 Å². The molecule has 0 bridgehead atoms. The van der Waals surface area contributed by atoms with E-state index >= 15 is 0 Å². The first-order valence-corrected chi connectivity index (χ1v) is 9.97. The number of para-hydroxylation sites is 1. The van der Waals surface area contributed by atoms with Crippen LogP contribution in [0.25, 0.3) is 22.1 Å². The zero-order valence-corrected chi connectivity index (χ0v) is 16.9. The second kappa shape index (κ2) is 9.18. The summed E-state index contributed by atoms with van der Waals surface area (Å²) in [5.41, 5.74) is 2.15. The predicted molar refractivity (Wildman–Crippen MR) is 122 cm³/mol. The fourth-order valence-electron chi connectivity index (χ4n) is 3.40. The molecule has 0 aliphatic heterocycles. The van der Waals surface area contributed by atoms with Crippen molar-refractivity contribution in [3.05, 3.63) is 101 Å². The number of hydrogen-bond acceptors (Lipinski definition) is 4. The number of carboxylic acid groups (broad SMARTS) is 1. The van der Waals surface area contributed by atoms with Crippen molar-refractivity contribution in [2.75, 3.05) is 5.32 Å². The van der Waals surface area contributed by atoms with Crippen LogP contribution >= 0.6 is 0 Å². The Hall–Kier alpha value is -4.39. The van der Waals surface area contributed by atoms with E-state index < -0.39 is 23.7 Å². The number of carbonyl (C=O) groups excluding carboxylic acids is 1. The Bertz CT molecular complexity index is 1330. The first-order valence-electron chi connectivity index (χ1n) is 9.97. The van der Waals surface area contributed by atoms with E-state index in [9.17, 15) is 19.5 Å². The third-order valence-electron chi connectivity index (χ3n) is 4.96. The van der Waals surface area contributed by atoms with Gasteiger partial charge >= 0.3 is 17.6 Å². The molecule has 0 aliphatic rings. The largest absolute Gasteiger partial charge is 0.480 e. The third-order valence-corrected chi connectivity index (χ3v) is 4.96. The molecule has 160 valence electrons. The summed E-state index contributed by atoms with van der Waals surface area (Å²) >= 11 is 0. The van der Waals surface area contributed by atoms with Crippen molar-refractivity contribution >= 4 is 28.7 Å². The molecule has 1 atom stereocenters. The molecule has 7 heteroatoms. The quantitative estimate of drug-likeness (QED) is 0.397. The fourth-order valence-corrected chi connectivity index (χ4v) is 3.40. The standard InChI is InChI=1S/C25H20N2O5/c28-23(29)21(13-16-7-2-1-3-8-16)27-25(31)26-19-11-6-10-17(14-19)20-15-18-9-4-5-12-22(18)32-24(20)30/h1-12,14-15,21H,13H2,(H,28,29)(H2,26,27,31). The Balaban J connectivity index is 1.51. The van der Waals surface area contributed by atoms with E-state index in [1.165, 1.54) is 0 Å². The summed E-state index contributed by atoms with van der Waals surface area (Å²) in [5, 5.41) is 15.4. The highest BCUT2D eigenvalue weighted by Gasteiger charge is 2.20. The van der Waals surface area contributed by atoms with E-state index in [0.29, 0.717) is 22.4 Å². The van der Waals surface area contributed by atoms with Crippen molar-refractivity contribution in [1.82, 2.24) is 5.32 Å². The highest BCUT2D eigenvalue weighted by molar-refractivity contribution is 5.93. The summed E-state index contributed by atoms with van der Waals surface area (Å²) in [6, 6.07) is 23.0. The van der Waals surface area contributed by atoms with Gasteiger partial charge in [0.1, 0.15) is 11.6 Å². The average Bonchev–Trinajstić information content (AvgIpc) is 2.79. The van der Waals surface area contributed by atoms with Crippen LogP contribution in [0.15, 0.2) is 94.1 Å². The van der Waals surface area contributed by atoms with Gasteiger partial charge in [0.2, 0.25) is 0 Å². The van der Waals surface area contributed by atoms with E-state index in [1.807, 2.05) is 30.3 Å². The van der Waals surface area contributed by atoms with Gasteiger partial charge in [-0.1, -0.05) is 60.7 Å². The van der Waals surface area contributed by atoms with E-state index in [-0.39, 0.29) is 6.42 Å². The number of carbonyl (C=O) groups is 2. The van der Waals surface area contributed by atoms with Gasteiger partial charge in [-0.25, -0.2) is 14.4 Å². The molecule has 32 heavy (non-hydrogen) atoms. The van der Waals surface area contributed by atoms with Crippen molar-refractivity contribution in [2.45, 2.75) is 12.5 Å². The molecule has 1 aromatic heterocycles. The topological polar surface area (TPSA) is 109 Å². The number of carboxylic acids is 1. The van der Waals surface area contributed by atoms with Gasteiger partial charge in [-0.05, 0) is 35.4 Å². The van der Waals surface area contributed by atoms with E-state index in [4.69, 9.17) is 4.42 Å². The summed E-state index contributed by atoms with van der Waals surface area (Å²) in [6.45, 7) is 0. The van der Waals surface area contributed by atoms with Crippen LogP contribution in [0.5, 0.6) is 0 Å². The maximum atomic E-state index is 12.4. The smallest absolute Gasteiger partial charge is 0.344 e. The molecule has 0 saturated carbocycles. The molecular weight excluding hydrogens is 408 g/mol. The second-order valence-corrected chi connectivity index (χ2v) is 7.25. The molecule has 7 nitrogen and oxygen atoms in total. The number of anilines is 1. The van der Waals surface area contributed by atoms with Crippen LogP contribution < -0.4 is 16.3 Å². The van der Waals surface area contributed by atoms with Gasteiger partial charge in [0.25, 0.3) is 0 Å². The zero-order valence-electron chi connectivity index (χ0n) is 16.9. The first kappa shape index (κ1) is 20.9. The molecular formula is C25H20N2O5. The molecule has 0 radical (unpaired) electrons. The molecule has 1 unspecified atom stereocenters. The lowest BCUT2D eigenvalue weighted by Gasteiger charge is -2.15. The lowest BCUT2D eigenvalue weighted by Crippen LogP contribution is -2.44. The maximum Gasteiger partial charge on any atom is 0.344 e. The molecule has 0 aliphatic carbocycles. The summed E-state index contributed by atoms with van der Waals surface area (Å²) in [6.07, 6.45) is 0.155. The van der Waals surface area contributed by atoms with Gasteiger partial charge in [-0.15, -0.1) is 0 Å². The van der Waals surface area contributed by atoms with Crippen LogP contribution in [0, 0.1) is 0 Å². The van der Waals surface area contributed by atoms with Gasteiger partial charge in [0.05, 0.1) is 5.56 Å². The molecule has 0 spiro atoms. The number of amides is 2. The zero-order chi connectivity index (χ0) is 22.5. The molecule has 4 aromatic rings. The van der Waals surface area contributed by atoms with Crippen LogP contribution in [0.1, 0.15) is 5.56 Å². The number of rotatable bonds is 6. The minimum Gasteiger partial charge on any atom is -0.480 e. The number of aliphatic carboxylic acids is 1. The van der Waals surface area contributed by atoms with Crippen molar-refractivity contribution in [1.29, 1.82) is 0 Å². The summed E-state index contributed by atoms with van der Waals surface area (Å²) in [4.78, 5) is 36.5. The highest BCUT2D eigenvalue weighted by Crippen LogP contribution is 2.23. The number of hydrogen-bond donors (Lipinski definition) is 3. The van der Waals surface area contributed by atoms with Crippen molar-refractivity contribution in [3.8, 4) is 11.1 Å². The van der Waals surface area contributed by atoms with E-state index in [2.05, 4.69) is 10.6 Å². The maximum absolute atomic E-state index is 12.4. The van der Waals surface area contributed by atoms with Crippen LogP contribution in [0.2, 0.25) is 0 Å². The monoisotopic (exact) mass is 428 g/mol.